The summed E-state index contributed by atoms with van der Waals surface area (Å²) in [5.74, 6) is 0. The SMILES string of the molecule is CN(C)Cc1cnn(-c2cnn3ccc(=O)[nH]c23)c1. The van der Waals surface area contributed by atoms with Gasteiger partial charge in [0.15, 0.2) is 5.65 Å². The predicted molar refractivity (Wildman–Crippen MR) is 70.3 cm³/mol. The monoisotopic (exact) mass is 258 g/mol. The zero-order chi connectivity index (χ0) is 13.4. The molecule has 7 heteroatoms. The van der Waals surface area contributed by atoms with Gasteiger partial charge in [-0.2, -0.15) is 10.2 Å². The number of aromatic nitrogens is 5. The van der Waals surface area contributed by atoms with Crippen LogP contribution in [0.15, 0.2) is 35.6 Å². The molecule has 0 aromatic carbocycles. The van der Waals surface area contributed by atoms with Gasteiger partial charge in [0.05, 0.1) is 12.4 Å². The summed E-state index contributed by atoms with van der Waals surface area (Å²) in [6.45, 7) is 0.815. The van der Waals surface area contributed by atoms with Crippen molar-refractivity contribution in [2.24, 2.45) is 0 Å². The van der Waals surface area contributed by atoms with Crippen LogP contribution in [0.25, 0.3) is 11.3 Å². The molecule has 0 aliphatic heterocycles. The third-order valence-electron chi connectivity index (χ3n) is 2.77. The van der Waals surface area contributed by atoms with E-state index in [9.17, 15) is 4.79 Å². The smallest absolute Gasteiger partial charge is 0.251 e. The lowest BCUT2D eigenvalue weighted by Crippen LogP contribution is -2.10. The van der Waals surface area contributed by atoms with Crippen molar-refractivity contribution in [3.63, 3.8) is 0 Å². The third-order valence-corrected chi connectivity index (χ3v) is 2.77. The second-order valence-corrected chi connectivity index (χ2v) is 4.66. The van der Waals surface area contributed by atoms with E-state index in [2.05, 4.69) is 20.1 Å². The fourth-order valence-electron chi connectivity index (χ4n) is 1.99. The number of H-pyrrole nitrogens is 1. The van der Waals surface area contributed by atoms with Crippen LogP contribution in [0, 0.1) is 0 Å². The summed E-state index contributed by atoms with van der Waals surface area (Å²) in [5.41, 5.74) is 2.33. The second-order valence-electron chi connectivity index (χ2n) is 4.66. The van der Waals surface area contributed by atoms with Crippen LogP contribution >= 0.6 is 0 Å². The number of hydrogen-bond donors (Lipinski definition) is 1. The molecule has 3 rings (SSSR count). The summed E-state index contributed by atoms with van der Waals surface area (Å²) in [7, 11) is 4.01. The van der Waals surface area contributed by atoms with Gasteiger partial charge >= 0.3 is 0 Å². The Bertz CT molecular complexity index is 766. The predicted octanol–water partition coefficient (Wildman–Crippen LogP) is 0.270. The Morgan fingerprint density at radius 2 is 2.16 bits per heavy atom. The first-order valence-corrected chi connectivity index (χ1v) is 5.89. The molecule has 0 atom stereocenters. The summed E-state index contributed by atoms with van der Waals surface area (Å²) >= 11 is 0. The molecule has 7 nitrogen and oxygen atoms in total. The van der Waals surface area contributed by atoms with Gasteiger partial charge in [0.25, 0.3) is 5.56 Å². The van der Waals surface area contributed by atoms with Crippen molar-refractivity contribution in [1.82, 2.24) is 29.3 Å². The molecule has 0 saturated heterocycles. The van der Waals surface area contributed by atoms with Gasteiger partial charge in [0, 0.05) is 30.6 Å². The van der Waals surface area contributed by atoms with Crippen LogP contribution < -0.4 is 5.56 Å². The highest BCUT2D eigenvalue weighted by molar-refractivity contribution is 5.56. The van der Waals surface area contributed by atoms with Crippen molar-refractivity contribution in [3.05, 3.63) is 46.8 Å². The lowest BCUT2D eigenvalue weighted by molar-refractivity contribution is 0.402. The number of hydrogen-bond acceptors (Lipinski definition) is 4. The number of fused-ring (bicyclic) bond motifs is 1. The molecule has 0 aliphatic carbocycles. The molecule has 1 N–H and O–H groups in total. The molecule has 0 unspecified atom stereocenters. The first-order valence-electron chi connectivity index (χ1n) is 5.89. The molecule has 0 spiro atoms. The van der Waals surface area contributed by atoms with Crippen molar-refractivity contribution in [1.29, 1.82) is 0 Å². The van der Waals surface area contributed by atoms with Gasteiger partial charge in [-0.3, -0.25) is 4.79 Å². The van der Waals surface area contributed by atoms with Crippen LogP contribution in [0.3, 0.4) is 0 Å². The van der Waals surface area contributed by atoms with Gasteiger partial charge in [-0.15, -0.1) is 0 Å². The van der Waals surface area contributed by atoms with Crippen LogP contribution in [-0.2, 0) is 6.54 Å². The van der Waals surface area contributed by atoms with E-state index in [1.807, 2.05) is 26.5 Å². The zero-order valence-corrected chi connectivity index (χ0v) is 10.7. The maximum absolute atomic E-state index is 11.4. The van der Waals surface area contributed by atoms with Crippen LogP contribution in [-0.4, -0.2) is 43.4 Å². The highest BCUT2D eigenvalue weighted by atomic mass is 16.1. The molecule has 0 amide bonds. The van der Waals surface area contributed by atoms with E-state index in [1.165, 1.54) is 6.07 Å². The fourth-order valence-corrected chi connectivity index (χ4v) is 1.99. The molecule has 3 aromatic heterocycles. The number of aromatic amines is 1. The van der Waals surface area contributed by atoms with Crippen molar-refractivity contribution in [2.75, 3.05) is 14.1 Å². The molecular formula is C12H14N6O. The molecular weight excluding hydrogens is 244 g/mol. The minimum Gasteiger partial charge on any atom is -0.305 e. The lowest BCUT2D eigenvalue weighted by Gasteiger charge is -2.05. The zero-order valence-electron chi connectivity index (χ0n) is 10.7. The Balaban J connectivity index is 2.06. The van der Waals surface area contributed by atoms with Crippen molar-refractivity contribution in [2.45, 2.75) is 6.54 Å². The average molecular weight is 258 g/mol. The normalized spacial score (nSPS) is 11.5. The van der Waals surface area contributed by atoms with Crippen LogP contribution in [0.1, 0.15) is 5.56 Å². The topological polar surface area (TPSA) is 71.2 Å². The maximum Gasteiger partial charge on any atom is 0.251 e. The minimum atomic E-state index is -0.157. The minimum absolute atomic E-state index is 0.157. The molecule has 0 saturated carbocycles. The lowest BCUT2D eigenvalue weighted by atomic mass is 10.3. The summed E-state index contributed by atoms with van der Waals surface area (Å²) in [6, 6.07) is 1.43. The van der Waals surface area contributed by atoms with Crippen molar-refractivity contribution in [3.8, 4) is 5.69 Å². The van der Waals surface area contributed by atoms with E-state index in [4.69, 9.17) is 0 Å². The van der Waals surface area contributed by atoms with Crippen LogP contribution in [0.2, 0.25) is 0 Å². The van der Waals surface area contributed by atoms with Gasteiger partial charge in [-0.25, -0.2) is 9.20 Å². The van der Waals surface area contributed by atoms with Gasteiger partial charge in [0.2, 0.25) is 0 Å². The number of nitrogens with zero attached hydrogens (tertiary/aromatic N) is 5. The first-order chi connectivity index (χ1) is 9.13. The first kappa shape index (κ1) is 11.7. The van der Waals surface area contributed by atoms with Gasteiger partial charge in [-0.1, -0.05) is 0 Å². The average Bonchev–Trinajstić information content (AvgIpc) is 2.94. The van der Waals surface area contributed by atoms with E-state index in [0.29, 0.717) is 5.65 Å². The highest BCUT2D eigenvalue weighted by Gasteiger charge is 2.09. The summed E-state index contributed by atoms with van der Waals surface area (Å²) < 4.78 is 3.33. The van der Waals surface area contributed by atoms with Crippen molar-refractivity contribution >= 4 is 5.65 Å². The second kappa shape index (κ2) is 4.36. The Hall–Kier alpha value is -2.41. The van der Waals surface area contributed by atoms with Gasteiger partial charge < -0.3 is 9.88 Å². The third kappa shape index (κ3) is 2.15. The summed E-state index contributed by atoms with van der Waals surface area (Å²) in [5, 5.41) is 8.49. The number of rotatable bonds is 3. The molecule has 19 heavy (non-hydrogen) atoms. The van der Waals surface area contributed by atoms with Gasteiger partial charge in [-0.05, 0) is 14.1 Å². The quantitative estimate of drug-likeness (QED) is 0.732. The molecule has 0 radical (unpaired) electrons. The molecule has 0 fully saturated rings. The molecule has 98 valence electrons. The van der Waals surface area contributed by atoms with E-state index in [1.54, 1.807) is 21.6 Å². The largest absolute Gasteiger partial charge is 0.305 e. The van der Waals surface area contributed by atoms with E-state index < -0.39 is 0 Å². The van der Waals surface area contributed by atoms with E-state index >= 15 is 0 Å². The van der Waals surface area contributed by atoms with Gasteiger partial charge in [0.1, 0.15) is 5.69 Å². The molecule has 3 heterocycles. The molecule has 0 aliphatic rings. The summed E-state index contributed by atoms with van der Waals surface area (Å²) in [6.07, 6.45) is 7.05. The van der Waals surface area contributed by atoms with E-state index in [-0.39, 0.29) is 5.56 Å². The summed E-state index contributed by atoms with van der Waals surface area (Å²) in [4.78, 5) is 16.2. The Morgan fingerprint density at radius 3 is 2.95 bits per heavy atom. The fraction of sp³-hybridized carbons (Fsp3) is 0.250. The Labute approximate surface area is 109 Å². The Kier molecular flexibility index (Phi) is 2.68. The maximum atomic E-state index is 11.4. The van der Waals surface area contributed by atoms with Crippen LogP contribution in [0.4, 0.5) is 0 Å². The Morgan fingerprint density at radius 1 is 1.32 bits per heavy atom. The van der Waals surface area contributed by atoms with E-state index in [0.717, 1.165) is 17.8 Å². The molecule has 3 aromatic rings. The standard InChI is InChI=1S/C12H14N6O/c1-16(2)7-9-5-13-18(8-9)10-6-14-17-4-3-11(19)15-12(10)17/h3-6,8H,7H2,1-2H3,(H,15,19). The van der Waals surface area contributed by atoms with Crippen LogP contribution in [0.5, 0.6) is 0 Å². The van der Waals surface area contributed by atoms with Crippen molar-refractivity contribution < 1.29 is 0 Å². The number of nitrogens with one attached hydrogen (secondary N) is 1. The molecule has 0 bridgehead atoms. The highest BCUT2D eigenvalue weighted by Crippen LogP contribution is 2.12.